The van der Waals surface area contributed by atoms with E-state index in [0.29, 0.717) is 25.1 Å². The second-order valence-electron chi connectivity index (χ2n) is 8.28. The van der Waals surface area contributed by atoms with Gasteiger partial charge in [-0.1, -0.05) is 6.07 Å². The van der Waals surface area contributed by atoms with E-state index in [2.05, 4.69) is 6.07 Å². The zero-order chi connectivity index (χ0) is 20.5. The molecule has 0 bridgehead atoms. The molecule has 3 rings (SSSR count). The van der Waals surface area contributed by atoms with E-state index in [1.165, 1.54) is 4.90 Å². The third-order valence-electron chi connectivity index (χ3n) is 5.14. The number of carbonyl (C=O) groups excluding carboxylic acids is 2. The maximum absolute atomic E-state index is 13.3. The molecule has 28 heavy (non-hydrogen) atoms. The van der Waals surface area contributed by atoms with Crippen LogP contribution in [0.3, 0.4) is 0 Å². The lowest BCUT2D eigenvalue weighted by atomic mass is 9.93. The van der Waals surface area contributed by atoms with Crippen molar-refractivity contribution >= 4 is 12.0 Å². The van der Waals surface area contributed by atoms with Gasteiger partial charge in [0.2, 0.25) is 5.91 Å². The number of nitrogens with zero attached hydrogens (tertiary/aromatic N) is 3. The summed E-state index contributed by atoms with van der Waals surface area (Å²) in [5.74, 6) is 0.521. The Morgan fingerprint density at radius 2 is 1.96 bits per heavy atom. The van der Waals surface area contributed by atoms with Crippen molar-refractivity contribution in [3.05, 3.63) is 29.3 Å². The fourth-order valence-electron chi connectivity index (χ4n) is 3.78. The Morgan fingerprint density at radius 3 is 2.61 bits per heavy atom. The SMILES string of the molecule is COc1ccc2c(c1)CN(C(=O)OC(C)(C)C)C(C(=O)N1CCCC1C#N)C2. The van der Waals surface area contributed by atoms with Gasteiger partial charge in [-0.3, -0.25) is 9.69 Å². The van der Waals surface area contributed by atoms with Crippen molar-refractivity contribution in [2.24, 2.45) is 0 Å². The molecule has 1 fully saturated rings. The summed E-state index contributed by atoms with van der Waals surface area (Å²) in [5.41, 5.74) is 1.28. The Morgan fingerprint density at radius 1 is 1.21 bits per heavy atom. The number of fused-ring (bicyclic) bond motifs is 1. The highest BCUT2D eigenvalue weighted by Crippen LogP contribution is 2.30. The van der Waals surface area contributed by atoms with Crippen LogP contribution in [0.4, 0.5) is 4.79 Å². The lowest BCUT2D eigenvalue weighted by molar-refractivity contribution is -0.137. The van der Waals surface area contributed by atoms with Gasteiger partial charge in [-0.15, -0.1) is 0 Å². The van der Waals surface area contributed by atoms with Crippen LogP contribution in [0.1, 0.15) is 44.7 Å². The Balaban J connectivity index is 1.93. The molecule has 2 aliphatic heterocycles. The fraction of sp³-hybridized carbons (Fsp3) is 0.571. The van der Waals surface area contributed by atoms with E-state index >= 15 is 0 Å². The third-order valence-corrected chi connectivity index (χ3v) is 5.14. The molecular formula is C21H27N3O4. The van der Waals surface area contributed by atoms with Crippen LogP contribution in [0.15, 0.2) is 18.2 Å². The van der Waals surface area contributed by atoms with Crippen molar-refractivity contribution in [2.45, 2.75) is 64.3 Å². The number of amides is 2. The highest BCUT2D eigenvalue weighted by Gasteiger charge is 2.41. The zero-order valence-corrected chi connectivity index (χ0v) is 16.9. The van der Waals surface area contributed by atoms with Gasteiger partial charge in [0, 0.05) is 13.0 Å². The molecule has 1 saturated heterocycles. The number of likely N-dealkylation sites (tertiary alicyclic amines) is 1. The molecule has 150 valence electrons. The van der Waals surface area contributed by atoms with Gasteiger partial charge in [-0.05, 0) is 56.9 Å². The summed E-state index contributed by atoms with van der Waals surface area (Å²) in [5, 5.41) is 9.36. The summed E-state index contributed by atoms with van der Waals surface area (Å²) >= 11 is 0. The van der Waals surface area contributed by atoms with Gasteiger partial charge in [0.05, 0.1) is 19.7 Å². The number of methoxy groups -OCH3 is 1. The topological polar surface area (TPSA) is 82.9 Å². The molecule has 2 atom stereocenters. The first-order valence-corrected chi connectivity index (χ1v) is 9.59. The lowest BCUT2D eigenvalue weighted by Crippen LogP contribution is -2.55. The standard InChI is InChI=1S/C21H27N3O4/c1-21(2,3)28-20(26)24-13-15-10-17(27-4)8-7-14(15)11-18(24)19(25)23-9-5-6-16(23)12-22/h7-8,10,16,18H,5-6,9,11,13H2,1-4H3. The summed E-state index contributed by atoms with van der Waals surface area (Å²) < 4.78 is 10.9. The van der Waals surface area contributed by atoms with Crippen molar-refractivity contribution in [1.29, 1.82) is 5.26 Å². The third kappa shape index (κ3) is 4.06. The maximum Gasteiger partial charge on any atom is 0.411 e. The van der Waals surface area contributed by atoms with Crippen LogP contribution in [0.25, 0.3) is 0 Å². The van der Waals surface area contributed by atoms with E-state index in [1.54, 1.807) is 32.8 Å². The molecule has 0 saturated carbocycles. The molecule has 1 aromatic carbocycles. The van der Waals surface area contributed by atoms with Crippen molar-refractivity contribution in [1.82, 2.24) is 9.80 Å². The summed E-state index contributed by atoms with van der Waals surface area (Å²) in [7, 11) is 1.60. The van der Waals surface area contributed by atoms with Crippen LogP contribution in [0.5, 0.6) is 5.75 Å². The minimum absolute atomic E-state index is 0.184. The Labute approximate surface area is 165 Å². The van der Waals surface area contributed by atoms with Crippen molar-refractivity contribution in [2.75, 3.05) is 13.7 Å². The molecule has 0 spiro atoms. The second kappa shape index (κ2) is 7.70. The number of nitriles is 1. The van der Waals surface area contributed by atoms with Crippen LogP contribution in [0.2, 0.25) is 0 Å². The van der Waals surface area contributed by atoms with E-state index in [0.717, 1.165) is 17.5 Å². The van der Waals surface area contributed by atoms with E-state index in [-0.39, 0.29) is 12.5 Å². The molecule has 2 unspecified atom stereocenters. The summed E-state index contributed by atoms with van der Waals surface area (Å²) in [4.78, 5) is 29.3. The molecule has 0 radical (unpaired) electrons. The smallest absolute Gasteiger partial charge is 0.411 e. The molecule has 0 aromatic heterocycles. The van der Waals surface area contributed by atoms with Crippen LogP contribution in [-0.2, 0) is 22.5 Å². The number of hydrogen-bond acceptors (Lipinski definition) is 5. The molecule has 7 nitrogen and oxygen atoms in total. The van der Waals surface area contributed by atoms with E-state index < -0.39 is 23.8 Å². The Hall–Kier alpha value is -2.75. The monoisotopic (exact) mass is 385 g/mol. The Kier molecular flexibility index (Phi) is 5.50. The average Bonchev–Trinajstić information content (AvgIpc) is 3.13. The van der Waals surface area contributed by atoms with Gasteiger partial charge in [-0.25, -0.2) is 4.79 Å². The Bertz CT molecular complexity index is 809. The molecule has 2 aliphatic rings. The number of ether oxygens (including phenoxy) is 2. The first-order chi connectivity index (χ1) is 13.2. The van der Waals surface area contributed by atoms with Gasteiger partial charge < -0.3 is 14.4 Å². The van der Waals surface area contributed by atoms with Gasteiger partial charge in [-0.2, -0.15) is 5.26 Å². The number of rotatable bonds is 2. The summed E-state index contributed by atoms with van der Waals surface area (Å²) in [6.07, 6.45) is 1.35. The number of benzene rings is 1. The first-order valence-electron chi connectivity index (χ1n) is 9.59. The molecule has 2 amide bonds. The zero-order valence-electron chi connectivity index (χ0n) is 16.9. The van der Waals surface area contributed by atoms with Gasteiger partial charge in [0.15, 0.2) is 0 Å². The number of hydrogen-bond donors (Lipinski definition) is 0. The molecule has 1 aromatic rings. The average molecular weight is 385 g/mol. The largest absolute Gasteiger partial charge is 0.497 e. The quantitative estimate of drug-likeness (QED) is 0.782. The van der Waals surface area contributed by atoms with Crippen LogP contribution < -0.4 is 4.74 Å². The van der Waals surface area contributed by atoms with Gasteiger partial charge >= 0.3 is 6.09 Å². The predicted octanol–water partition coefficient (Wildman–Crippen LogP) is 2.87. The lowest BCUT2D eigenvalue weighted by Gasteiger charge is -2.39. The van der Waals surface area contributed by atoms with Crippen molar-refractivity contribution in [3.63, 3.8) is 0 Å². The maximum atomic E-state index is 13.3. The van der Waals surface area contributed by atoms with Crippen LogP contribution in [0, 0.1) is 11.3 Å². The first kappa shape index (κ1) is 20.0. The van der Waals surface area contributed by atoms with Gasteiger partial charge in [0.25, 0.3) is 0 Å². The molecule has 2 heterocycles. The summed E-state index contributed by atoms with van der Waals surface area (Å²) in [6, 6.07) is 6.79. The molecule has 7 heteroatoms. The molecular weight excluding hydrogens is 358 g/mol. The second-order valence-corrected chi connectivity index (χ2v) is 8.28. The normalized spacial score (nSPS) is 21.7. The summed E-state index contributed by atoms with van der Waals surface area (Å²) in [6.45, 7) is 6.21. The highest BCUT2D eigenvalue weighted by molar-refractivity contribution is 5.87. The van der Waals surface area contributed by atoms with E-state index in [9.17, 15) is 14.9 Å². The minimum atomic E-state index is -0.676. The van der Waals surface area contributed by atoms with E-state index in [4.69, 9.17) is 9.47 Å². The minimum Gasteiger partial charge on any atom is -0.497 e. The van der Waals surface area contributed by atoms with Gasteiger partial charge in [0.1, 0.15) is 23.4 Å². The molecule has 0 N–H and O–H groups in total. The van der Waals surface area contributed by atoms with E-state index in [1.807, 2.05) is 18.2 Å². The highest BCUT2D eigenvalue weighted by atomic mass is 16.6. The van der Waals surface area contributed by atoms with Crippen LogP contribution in [-0.4, -0.2) is 53.1 Å². The molecule has 0 aliphatic carbocycles. The predicted molar refractivity (Wildman–Crippen MR) is 103 cm³/mol. The number of carbonyl (C=O) groups is 2. The van der Waals surface area contributed by atoms with Crippen molar-refractivity contribution < 1.29 is 19.1 Å². The fourth-order valence-corrected chi connectivity index (χ4v) is 3.78. The van der Waals surface area contributed by atoms with Crippen molar-refractivity contribution in [3.8, 4) is 11.8 Å². The van der Waals surface area contributed by atoms with Crippen LogP contribution >= 0.6 is 0 Å².